The van der Waals surface area contributed by atoms with Gasteiger partial charge in [0.1, 0.15) is 6.10 Å². The summed E-state index contributed by atoms with van der Waals surface area (Å²) >= 11 is 0. The monoisotopic (exact) mass is 252 g/mol. The van der Waals surface area contributed by atoms with Crippen LogP contribution in [0.2, 0.25) is 0 Å². The second-order valence-corrected chi connectivity index (χ2v) is 5.15. The van der Waals surface area contributed by atoms with Crippen molar-refractivity contribution in [3.8, 4) is 0 Å². The highest BCUT2D eigenvalue weighted by molar-refractivity contribution is 5.62. The molecule has 0 bridgehead atoms. The van der Waals surface area contributed by atoms with E-state index in [0.717, 1.165) is 23.8 Å². The summed E-state index contributed by atoms with van der Waals surface area (Å²) in [5.74, 6) is 0. The van der Waals surface area contributed by atoms with Gasteiger partial charge in [0.05, 0.1) is 5.60 Å². The van der Waals surface area contributed by atoms with Crippen LogP contribution in [0.3, 0.4) is 0 Å². The summed E-state index contributed by atoms with van der Waals surface area (Å²) in [6, 6.07) is 18.1. The van der Waals surface area contributed by atoms with Crippen LogP contribution in [0.5, 0.6) is 0 Å². The van der Waals surface area contributed by atoms with Crippen molar-refractivity contribution in [3.63, 3.8) is 0 Å². The Hall–Kier alpha value is -1.93. The highest BCUT2D eigenvalue weighted by Gasteiger charge is 2.37. The molecule has 3 rings (SSSR count). The van der Waals surface area contributed by atoms with Gasteiger partial charge < -0.3 is 9.53 Å². The summed E-state index contributed by atoms with van der Waals surface area (Å²) in [7, 11) is 0. The molecule has 0 N–H and O–H groups in total. The molecule has 1 aliphatic rings. The number of fused-ring (bicyclic) bond motifs is 1. The van der Waals surface area contributed by atoms with Crippen molar-refractivity contribution in [3.05, 3.63) is 71.3 Å². The summed E-state index contributed by atoms with van der Waals surface area (Å²) in [5.41, 5.74) is 2.85. The maximum Gasteiger partial charge on any atom is 0.153 e. The largest absolute Gasteiger partial charge is 0.355 e. The Kier molecular flexibility index (Phi) is 2.96. The lowest BCUT2D eigenvalue weighted by Gasteiger charge is -2.38. The molecule has 2 unspecified atom stereocenters. The molecule has 19 heavy (non-hydrogen) atoms. The fourth-order valence-electron chi connectivity index (χ4n) is 2.78. The fourth-order valence-corrected chi connectivity index (χ4v) is 2.78. The first-order valence-corrected chi connectivity index (χ1v) is 6.49. The molecule has 1 heterocycles. The van der Waals surface area contributed by atoms with E-state index in [1.165, 1.54) is 5.56 Å². The van der Waals surface area contributed by atoms with E-state index in [9.17, 15) is 4.79 Å². The predicted octanol–water partition coefficient (Wildman–Crippen LogP) is 3.41. The molecule has 2 aromatic rings. The molecule has 0 aliphatic carbocycles. The molecule has 2 nitrogen and oxygen atoms in total. The summed E-state index contributed by atoms with van der Waals surface area (Å²) in [6.45, 7) is 2.05. The van der Waals surface area contributed by atoms with E-state index in [2.05, 4.69) is 25.1 Å². The molecule has 0 spiro atoms. The van der Waals surface area contributed by atoms with Gasteiger partial charge in [0, 0.05) is 6.42 Å². The molecule has 2 aromatic carbocycles. The zero-order valence-corrected chi connectivity index (χ0v) is 10.9. The Morgan fingerprint density at radius 1 is 1.11 bits per heavy atom. The number of carbonyl (C=O) groups excluding carboxylic acids is 1. The molecule has 96 valence electrons. The highest BCUT2D eigenvalue weighted by Crippen LogP contribution is 2.40. The predicted molar refractivity (Wildman–Crippen MR) is 73.8 cm³/mol. The number of benzene rings is 2. The van der Waals surface area contributed by atoms with Crippen LogP contribution in [0.25, 0.3) is 0 Å². The molecule has 0 saturated carbocycles. The van der Waals surface area contributed by atoms with Crippen molar-refractivity contribution in [1.82, 2.24) is 0 Å². The van der Waals surface area contributed by atoms with Gasteiger partial charge >= 0.3 is 0 Å². The van der Waals surface area contributed by atoms with Crippen molar-refractivity contribution in [2.75, 3.05) is 0 Å². The lowest BCUT2D eigenvalue weighted by atomic mass is 9.83. The van der Waals surface area contributed by atoms with E-state index >= 15 is 0 Å². The third-order valence-corrected chi connectivity index (χ3v) is 3.78. The summed E-state index contributed by atoms with van der Waals surface area (Å²) in [4.78, 5) is 11.3. The fraction of sp³-hybridized carbons (Fsp3) is 0.235. The number of rotatable bonds is 2. The molecule has 2 atom stereocenters. The summed E-state index contributed by atoms with van der Waals surface area (Å²) < 4.78 is 6.07. The lowest BCUT2D eigenvalue weighted by Crippen LogP contribution is -2.35. The molecule has 2 heteroatoms. The van der Waals surface area contributed by atoms with E-state index in [1.807, 2.05) is 36.4 Å². The maximum atomic E-state index is 11.3. The van der Waals surface area contributed by atoms with Crippen LogP contribution in [0.4, 0.5) is 0 Å². The molecule has 0 amide bonds. The molecule has 1 aliphatic heterocycles. The zero-order chi connectivity index (χ0) is 13.3. The Balaban J connectivity index is 2.06. The molecule has 0 saturated heterocycles. The smallest absolute Gasteiger partial charge is 0.153 e. The van der Waals surface area contributed by atoms with E-state index in [-0.39, 0.29) is 0 Å². The van der Waals surface area contributed by atoms with Crippen molar-refractivity contribution < 1.29 is 9.53 Å². The van der Waals surface area contributed by atoms with Crippen molar-refractivity contribution in [1.29, 1.82) is 0 Å². The number of ether oxygens (including phenoxy) is 1. The van der Waals surface area contributed by atoms with Gasteiger partial charge in [-0.15, -0.1) is 0 Å². The first-order valence-electron chi connectivity index (χ1n) is 6.49. The zero-order valence-electron chi connectivity index (χ0n) is 10.9. The second-order valence-electron chi connectivity index (χ2n) is 5.15. The summed E-state index contributed by atoms with van der Waals surface area (Å²) in [6.07, 6.45) is 1.20. The van der Waals surface area contributed by atoms with Crippen LogP contribution in [0, 0.1) is 0 Å². The van der Waals surface area contributed by atoms with E-state index in [1.54, 1.807) is 0 Å². The van der Waals surface area contributed by atoms with Crippen LogP contribution in [0.1, 0.15) is 29.7 Å². The standard InChI is InChI=1S/C17H16O2/c1-17(14-8-3-2-4-9-14)11-13-7-5-6-10-15(13)16(12-18)19-17/h2-10,12,16H,11H2,1H3. The highest BCUT2D eigenvalue weighted by atomic mass is 16.5. The Bertz CT molecular complexity index is 591. The first-order chi connectivity index (χ1) is 9.23. The Morgan fingerprint density at radius 2 is 1.79 bits per heavy atom. The molecular weight excluding hydrogens is 236 g/mol. The topological polar surface area (TPSA) is 26.3 Å². The molecule has 0 fully saturated rings. The third-order valence-electron chi connectivity index (χ3n) is 3.78. The van der Waals surface area contributed by atoms with E-state index in [4.69, 9.17) is 4.74 Å². The van der Waals surface area contributed by atoms with E-state index < -0.39 is 11.7 Å². The minimum absolute atomic E-state index is 0.443. The quantitative estimate of drug-likeness (QED) is 0.766. The van der Waals surface area contributed by atoms with Crippen LogP contribution in [0.15, 0.2) is 54.6 Å². The van der Waals surface area contributed by atoms with Crippen molar-refractivity contribution >= 4 is 6.29 Å². The second kappa shape index (κ2) is 4.63. The third kappa shape index (κ3) is 2.08. The molecular formula is C17H16O2. The van der Waals surface area contributed by atoms with Crippen LogP contribution in [-0.2, 0) is 21.6 Å². The summed E-state index contributed by atoms with van der Waals surface area (Å²) in [5, 5.41) is 0. The maximum absolute atomic E-state index is 11.3. The first kappa shape index (κ1) is 12.1. The van der Waals surface area contributed by atoms with Gasteiger partial charge in [-0.25, -0.2) is 0 Å². The number of aldehydes is 1. The molecule has 0 aromatic heterocycles. The minimum atomic E-state index is -0.477. The average molecular weight is 252 g/mol. The SMILES string of the molecule is CC1(c2ccccc2)Cc2ccccc2C(C=O)O1. The van der Waals surface area contributed by atoms with Crippen LogP contribution >= 0.6 is 0 Å². The Morgan fingerprint density at radius 3 is 2.53 bits per heavy atom. The average Bonchev–Trinajstić information content (AvgIpc) is 2.47. The van der Waals surface area contributed by atoms with Gasteiger partial charge in [-0.3, -0.25) is 0 Å². The lowest BCUT2D eigenvalue weighted by molar-refractivity contribution is -0.137. The van der Waals surface area contributed by atoms with Crippen LogP contribution in [-0.4, -0.2) is 6.29 Å². The van der Waals surface area contributed by atoms with E-state index in [0.29, 0.717) is 0 Å². The van der Waals surface area contributed by atoms with Crippen LogP contribution < -0.4 is 0 Å². The Labute approximate surface area is 113 Å². The van der Waals surface area contributed by atoms with Crippen molar-refractivity contribution in [2.24, 2.45) is 0 Å². The normalized spacial score (nSPS) is 25.6. The number of hydrogen-bond acceptors (Lipinski definition) is 2. The number of hydrogen-bond donors (Lipinski definition) is 0. The van der Waals surface area contributed by atoms with Gasteiger partial charge in [-0.2, -0.15) is 0 Å². The number of carbonyl (C=O) groups is 1. The van der Waals surface area contributed by atoms with Crippen molar-refractivity contribution in [2.45, 2.75) is 25.0 Å². The minimum Gasteiger partial charge on any atom is -0.355 e. The van der Waals surface area contributed by atoms with Gasteiger partial charge in [0.2, 0.25) is 0 Å². The van der Waals surface area contributed by atoms with Gasteiger partial charge in [-0.1, -0.05) is 54.6 Å². The van der Waals surface area contributed by atoms with Gasteiger partial charge in [-0.05, 0) is 23.6 Å². The molecule has 0 radical (unpaired) electrons. The van der Waals surface area contributed by atoms with Gasteiger partial charge in [0.25, 0.3) is 0 Å². The van der Waals surface area contributed by atoms with Gasteiger partial charge in [0.15, 0.2) is 6.29 Å².